The van der Waals surface area contributed by atoms with Gasteiger partial charge in [0.2, 0.25) is 0 Å². The molecule has 2 rings (SSSR count). The largest absolute Gasteiger partial charge is 0.373 e. The van der Waals surface area contributed by atoms with Crippen LogP contribution in [0.25, 0.3) is 0 Å². The highest BCUT2D eigenvalue weighted by molar-refractivity contribution is 5.82. The molecule has 5 nitrogen and oxygen atoms in total. The van der Waals surface area contributed by atoms with Crippen LogP contribution in [0, 0.1) is 5.92 Å². The van der Waals surface area contributed by atoms with Crippen molar-refractivity contribution in [2.24, 2.45) is 5.92 Å². The molecular formula is C14H21N3O2. The molecule has 1 aliphatic rings. The number of hydrogen-bond acceptors (Lipinski definition) is 4. The molecule has 0 saturated heterocycles. The van der Waals surface area contributed by atoms with E-state index in [1.54, 1.807) is 12.3 Å². The first-order valence-electron chi connectivity index (χ1n) is 6.93. The van der Waals surface area contributed by atoms with Crippen LogP contribution in [0.15, 0.2) is 17.1 Å². The summed E-state index contributed by atoms with van der Waals surface area (Å²) in [6.45, 7) is 3.39. The van der Waals surface area contributed by atoms with Gasteiger partial charge in [-0.1, -0.05) is 0 Å². The maximum atomic E-state index is 11.9. The summed E-state index contributed by atoms with van der Waals surface area (Å²) in [6.07, 6.45) is 5.10. The molecule has 1 unspecified atom stereocenters. The Morgan fingerprint density at radius 2 is 2.26 bits per heavy atom. The molecule has 1 aliphatic carbocycles. The smallest absolute Gasteiger partial charge is 0.268 e. The van der Waals surface area contributed by atoms with Gasteiger partial charge in [-0.3, -0.25) is 9.59 Å². The molecular weight excluding hydrogens is 242 g/mol. The summed E-state index contributed by atoms with van der Waals surface area (Å²) in [4.78, 5) is 25.5. The Labute approximate surface area is 113 Å². The minimum atomic E-state index is -0.0942. The van der Waals surface area contributed by atoms with E-state index in [0.717, 1.165) is 31.5 Å². The molecule has 0 bridgehead atoms. The van der Waals surface area contributed by atoms with Gasteiger partial charge in [-0.2, -0.15) is 5.10 Å². The topological polar surface area (TPSA) is 55.2 Å². The number of hydrogen-bond donors (Lipinski definition) is 0. The van der Waals surface area contributed by atoms with Gasteiger partial charge < -0.3 is 4.90 Å². The van der Waals surface area contributed by atoms with Crippen LogP contribution < -0.4 is 10.5 Å². The van der Waals surface area contributed by atoms with Gasteiger partial charge >= 0.3 is 0 Å². The van der Waals surface area contributed by atoms with Crippen LogP contribution in [0.3, 0.4) is 0 Å². The highest BCUT2D eigenvalue weighted by Gasteiger charge is 2.24. The molecule has 0 aliphatic heterocycles. The van der Waals surface area contributed by atoms with Gasteiger partial charge in [0.25, 0.3) is 5.56 Å². The first-order valence-corrected chi connectivity index (χ1v) is 6.93. The van der Waals surface area contributed by atoms with Gasteiger partial charge in [0, 0.05) is 38.5 Å². The fourth-order valence-electron chi connectivity index (χ4n) is 2.45. The highest BCUT2D eigenvalue weighted by Crippen LogP contribution is 2.24. The molecule has 5 heteroatoms. The quantitative estimate of drug-likeness (QED) is 0.807. The molecule has 0 aromatic carbocycles. The maximum Gasteiger partial charge on any atom is 0.268 e. The number of rotatable bonds is 5. The molecule has 19 heavy (non-hydrogen) atoms. The average molecular weight is 263 g/mol. The number of ketones is 1. The van der Waals surface area contributed by atoms with Crippen molar-refractivity contribution < 1.29 is 4.79 Å². The lowest BCUT2D eigenvalue weighted by Gasteiger charge is -2.16. The Balaban J connectivity index is 2.01. The van der Waals surface area contributed by atoms with E-state index in [-0.39, 0.29) is 11.5 Å². The van der Waals surface area contributed by atoms with Crippen molar-refractivity contribution in [3.8, 4) is 0 Å². The van der Waals surface area contributed by atoms with Gasteiger partial charge in [0.05, 0.1) is 11.9 Å². The van der Waals surface area contributed by atoms with E-state index in [2.05, 4.69) is 5.10 Å². The van der Waals surface area contributed by atoms with Crippen molar-refractivity contribution in [2.45, 2.75) is 39.2 Å². The lowest BCUT2D eigenvalue weighted by molar-refractivity contribution is -0.120. The normalized spacial score (nSPS) is 18.8. The molecule has 1 aromatic heterocycles. The monoisotopic (exact) mass is 263 g/mol. The van der Waals surface area contributed by atoms with Gasteiger partial charge in [0.1, 0.15) is 5.78 Å². The number of carbonyl (C=O) groups is 1. The number of nitrogens with zero attached hydrogens (tertiary/aromatic N) is 3. The van der Waals surface area contributed by atoms with Crippen molar-refractivity contribution in [2.75, 3.05) is 18.5 Å². The van der Waals surface area contributed by atoms with Crippen LogP contribution in [0.2, 0.25) is 0 Å². The summed E-state index contributed by atoms with van der Waals surface area (Å²) in [6, 6.07) is 1.60. The zero-order valence-electron chi connectivity index (χ0n) is 11.6. The maximum absolute atomic E-state index is 11.9. The van der Waals surface area contributed by atoms with Crippen molar-refractivity contribution in [3.63, 3.8) is 0 Å². The first kappa shape index (κ1) is 13.8. The molecule has 0 radical (unpaired) electrons. The molecule has 104 valence electrons. The van der Waals surface area contributed by atoms with Crippen LogP contribution in [0.1, 0.15) is 32.6 Å². The third kappa shape index (κ3) is 3.22. The van der Waals surface area contributed by atoms with Crippen molar-refractivity contribution in [1.82, 2.24) is 9.78 Å². The second kappa shape index (κ2) is 5.99. The number of aryl methyl sites for hydroxylation is 1. The van der Waals surface area contributed by atoms with Gasteiger partial charge in [0.15, 0.2) is 0 Å². The number of carbonyl (C=O) groups excluding carboxylic acids is 1. The van der Waals surface area contributed by atoms with E-state index in [4.69, 9.17) is 0 Å². The van der Waals surface area contributed by atoms with E-state index in [1.807, 2.05) is 18.9 Å². The lowest BCUT2D eigenvalue weighted by atomic mass is 10.0. The Hall–Kier alpha value is -1.65. The number of anilines is 1. The molecule has 0 amide bonds. The van der Waals surface area contributed by atoms with Gasteiger partial charge in [-0.05, 0) is 26.2 Å². The van der Waals surface area contributed by atoms with Crippen LogP contribution >= 0.6 is 0 Å². The zero-order valence-corrected chi connectivity index (χ0v) is 11.6. The Morgan fingerprint density at radius 3 is 2.84 bits per heavy atom. The van der Waals surface area contributed by atoms with Crippen LogP contribution in [-0.2, 0) is 11.3 Å². The number of aromatic nitrogens is 2. The van der Waals surface area contributed by atoms with Crippen LogP contribution in [0.4, 0.5) is 5.69 Å². The Kier molecular flexibility index (Phi) is 4.35. The summed E-state index contributed by atoms with van der Waals surface area (Å²) < 4.78 is 1.46. The third-order valence-corrected chi connectivity index (χ3v) is 3.89. The minimum absolute atomic E-state index is 0.0942. The molecule has 1 atom stereocenters. The third-order valence-electron chi connectivity index (χ3n) is 3.89. The molecule has 1 heterocycles. The van der Waals surface area contributed by atoms with Gasteiger partial charge in [-0.15, -0.1) is 0 Å². The van der Waals surface area contributed by atoms with Crippen molar-refractivity contribution >= 4 is 11.5 Å². The second-order valence-corrected chi connectivity index (χ2v) is 5.13. The van der Waals surface area contributed by atoms with Crippen molar-refractivity contribution in [3.05, 3.63) is 22.6 Å². The summed E-state index contributed by atoms with van der Waals surface area (Å²) in [7, 11) is 1.93. The van der Waals surface area contributed by atoms with E-state index in [0.29, 0.717) is 18.7 Å². The Bertz CT molecular complexity index is 510. The lowest BCUT2D eigenvalue weighted by Crippen LogP contribution is -2.26. The average Bonchev–Trinajstić information content (AvgIpc) is 2.82. The zero-order chi connectivity index (χ0) is 13.8. The predicted molar refractivity (Wildman–Crippen MR) is 74.4 cm³/mol. The van der Waals surface area contributed by atoms with E-state index >= 15 is 0 Å². The molecule has 1 fully saturated rings. The molecule has 0 N–H and O–H groups in total. The van der Waals surface area contributed by atoms with E-state index in [9.17, 15) is 9.59 Å². The van der Waals surface area contributed by atoms with Crippen molar-refractivity contribution in [1.29, 1.82) is 0 Å². The molecule has 1 aromatic rings. The first-order chi connectivity index (χ1) is 9.11. The van der Waals surface area contributed by atoms with Crippen LogP contribution in [-0.4, -0.2) is 29.2 Å². The summed E-state index contributed by atoms with van der Waals surface area (Å²) in [5, 5.41) is 4.18. The molecule has 0 spiro atoms. The predicted octanol–water partition coefficient (Wildman–Crippen LogP) is 1.46. The Morgan fingerprint density at radius 1 is 1.47 bits per heavy atom. The SMILES string of the molecule is CCN(C)c1cnn(CCC2CCCC2=O)c(=O)c1. The fourth-order valence-corrected chi connectivity index (χ4v) is 2.45. The van der Waals surface area contributed by atoms with E-state index in [1.165, 1.54) is 4.68 Å². The number of Topliss-reactive ketones (excluding diaryl/α,β-unsaturated/α-hetero) is 1. The summed E-state index contributed by atoms with van der Waals surface area (Å²) in [5.74, 6) is 0.474. The minimum Gasteiger partial charge on any atom is -0.373 e. The van der Waals surface area contributed by atoms with Gasteiger partial charge in [-0.25, -0.2) is 4.68 Å². The van der Waals surface area contributed by atoms with E-state index < -0.39 is 0 Å². The van der Waals surface area contributed by atoms with Crippen LogP contribution in [0.5, 0.6) is 0 Å². The highest BCUT2D eigenvalue weighted by atomic mass is 16.1. The standard InChI is InChI=1S/C14H21N3O2/c1-3-16(2)12-9-14(19)17(15-10-12)8-7-11-5-4-6-13(11)18/h9-11H,3-8H2,1-2H3. The summed E-state index contributed by atoms with van der Waals surface area (Å²) in [5.41, 5.74) is 0.740. The molecule has 1 saturated carbocycles. The summed E-state index contributed by atoms with van der Waals surface area (Å²) >= 11 is 0. The fraction of sp³-hybridized carbons (Fsp3) is 0.643. The second-order valence-electron chi connectivity index (χ2n) is 5.13.